The lowest BCUT2D eigenvalue weighted by atomic mass is 10.4. The summed E-state index contributed by atoms with van der Waals surface area (Å²) in [5, 5.41) is 4.06. The van der Waals surface area contributed by atoms with E-state index in [1.807, 2.05) is 0 Å². The Labute approximate surface area is 76.5 Å². The number of carbonyl (C=O) groups excluding carboxylic acids is 1. The van der Waals surface area contributed by atoms with E-state index < -0.39 is 0 Å². The largest absolute Gasteiger partial charge is 0.463 e. The van der Waals surface area contributed by atoms with Gasteiger partial charge in [-0.1, -0.05) is 0 Å². The zero-order valence-corrected chi connectivity index (χ0v) is 7.95. The average Bonchev–Trinajstić information content (AvgIpc) is 2.06. The molecule has 3 nitrogen and oxygen atoms in total. The lowest BCUT2D eigenvalue weighted by molar-refractivity contribution is -0.137. The Kier molecular flexibility index (Phi) is 4.00. The van der Waals surface area contributed by atoms with Gasteiger partial charge in [-0.05, 0) is 13.3 Å². The Morgan fingerprint density at radius 3 is 3.25 bits per heavy atom. The third kappa shape index (κ3) is 3.17. The first-order valence-electron chi connectivity index (χ1n) is 4.08. The van der Waals surface area contributed by atoms with E-state index in [1.54, 1.807) is 18.7 Å². The van der Waals surface area contributed by atoms with Gasteiger partial charge in [0.15, 0.2) is 0 Å². The second-order valence-corrected chi connectivity index (χ2v) is 3.53. The fraction of sp³-hybridized carbons (Fsp3) is 0.625. The Morgan fingerprint density at radius 1 is 1.83 bits per heavy atom. The van der Waals surface area contributed by atoms with Gasteiger partial charge in [0, 0.05) is 12.3 Å². The highest BCUT2D eigenvalue weighted by Gasteiger charge is 2.06. The standard InChI is InChI=1S/C8H13NO2S/c1-2-11-8(10)6-7-9-4-3-5-12-7/h6,9H,2-5H2,1H3/b7-6+. The predicted octanol–water partition coefficient (Wildman–Crippen LogP) is 1.12. The van der Waals surface area contributed by atoms with Gasteiger partial charge in [0.2, 0.25) is 0 Å². The van der Waals surface area contributed by atoms with E-state index >= 15 is 0 Å². The van der Waals surface area contributed by atoms with Crippen LogP contribution in [0.5, 0.6) is 0 Å². The quantitative estimate of drug-likeness (QED) is 0.519. The lowest BCUT2D eigenvalue weighted by Crippen LogP contribution is -2.19. The fourth-order valence-corrected chi connectivity index (χ4v) is 1.79. The van der Waals surface area contributed by atoms with Crippen LogP contribution in [-0.2, 0) is 9.53 Å². The van der Waals surface area contributed by atoms with Crippen LogP contribution in [0.3, 0.4) is 0 Å². The van der Waals surface area contributed by atoms with Crippen molar-refractivity contribution < 1.29 is 9.53 Å². The SMILES string of the molecule is CCOC(=O)/C=C1\NCCCS1. The molecule has 0 saturated carbocycles. The number of thioether (sulfide) groups is 1. The zero-order chi connectivity index (χ0) is 8.81. The molecule has 0 unspecified atom stereocenters. The Balaban J connectivity index is 2.37. The summed E-state index contributed by atoms with van der Waals surface area (Å²) in [6, 6.07) is 0. The summed E-state index contributed by atoms with van der Waals surface area (Å²) in [4.78, 5) is 11.0. The minimum atomic E-state index is -0.255. The highest BCUT2D eigenvalue weighted by molar-refractivity contribution is 8.03. The average molecular weight is 187 g/mol. The topological polar surface area (TPSA) is 38.3 Å². The van der Waals surface area contributed by atoms with Gasteiger partial charge < -0.3 is 10.1 Å². The van der Waals surface area contributed by atoms with Crippen molar-refractivity contribution in [2.75, 3.05) is 18.9 Å². The van der Waals surface area contributed by atoms with E-state index in [-0.39, 0.29) is 5.97 Å². The van der Waals surface area contributed by atoms with Gasteiger partial charge >= 0.3 is 5.97 Å². The molecule has 1 rings (SSSR count). The normalized spacial score (nSPS) is 20.2. The van der Waals surface area contributed by atoms with Crippen LogP contribution in [0.2, 0.25) is 0 Å². The molecule has 0 aromatic rings. The number of carbonyl (C=O) groups is 1. The molecule has 0 spiro atoms. The molecule has 1 saturated heterocycles. The summed E-state index contributed by atoms with van der Waals surface area (Å²) in [6.07, 6.45) is 2.68. The van der Waals surface area contributed by atoms with Crippen LogP contribution in [0.1, 0.15) is 13.3 Å². The number of hydrogen-bond acceptors (Lipinski definition) is 4. The first-order chi connectivity index (χ1) is 5.83. The molecule has 0 aliphatic carbocycles. The van der Waals surface area contributed by atoms with Gasteiger partial charge in [-0.25, -0.2) is 4.79 Å². The van der Waals surface area contributed by atoms with Gasteiger partial charge in [-0.2, -0.15) is 0 Å². The van der Waals surface area contributed by atoms with Crippen LogP contribution < -0.4 is 5.32 Å². The Bertz CT molecular complexity index is 183. The minimum absolute atomic E-state index is 0.255. The monoisotopic (exact) mass is 187 g/mol. The van der Waals surface area contributed by atoms with Crippen LogP contribution in [0.25, 0.3) is 0 Å². The molecule has 1 N–H and O–H groups in total. The predicted molar refractivity (Wildman–Crippen MR) is 49.8 cm³/mol. The van der Waals surface area contributed by atoms with Gasteiger partial charge in [-0.15, -0.1) is 11.8 Å². The highest BCUT2D eigenvalue weighted by atomic mass is 32.2. The van der Waals surface area contributed by atoms with E-state index in [2.05, 4.69) is 5.32 Å². The van der Waals surface area contributed by atoms with Crippen LogP contribution in [0, 0.1) is 0 Å². The number of esters is 1. The molecule has 0 atom stereocenters. The number of ether oxygens (including phenoxy) is 1. The molecular weight excluding hydrogens is 174 g/mol. The van der Waals surface area contributed by atoms with Crippen LogP contribution in [-0.4, -0.2) is 24.9 Å². The molecular formula is C8H13NO2S. The first-order valence-corrected chi connectivity index (χ1v) is 5.06. The Hall–Kier alpha value is -0.640. The maximum atomic E-state index is 11.0. The lowest BCUT2D eigenvalue weighted by Gasteiger charge is -2.15. The van der Waals surface area contributed by atoms with Gasteiger partial charge in [0.1, 0.15) is 0 Å². The van der Waals surface area contributed by atoms with E-state index in [0.717, 1.165) is 23.7 Å². The molecule has 0 aromatic heterocycles. The molecule has 0 aromatic carbocycles. The first kappa shape index (κ1) is 9.45. The molecule has 1 aliphatic heterocycles. The maximum absolute atomic E-state index is 11.0. The molecule has 0 bridgehead atoms. The smallest absolute Gasteiger partial charge is 0.333 e. The van der Waals surface area contributed by atoms with Crippen molar-refractivity contribution >= 4 is 17.7 Å². The minimum Gasteiger partial charge on any atom is -0.463 e. The molecule has 0 radical (unpaired) electrons. The van der Waals surface area contributed by atoms with Gasteiger partial charge in [0.05, 0.1) is 17.7 Å². The van der Waals surface area contributed by atoms with Crippen LogP contribution in [0.15, 0.2) is 11.1 Å². The van der Waals surface area contributed by atoms with E-state index in [4.69, 9.17) is 4.74 Å². The molecule has 1 aliphatic rings. The van der Waals surface area contributed by atoms with Crippen molar-refractivity contribution in [2.24, 2.45) is 0 Å². The third-order valence-electron chi connectivity index (χ3n) is 1.41. The molecule has 0 amide bonds. The van der Waals surface area contributed by atoms with E-state index in [1.165, 1.54) is 6.08 Å². The van der Waals surface area contributed by atoms with Crippen molar-refractivity contribution in [3.63, 3.8) is 0 Å². The molecule has 1 fully saturated rings. The van der Waals surface area contributed by atoms with Crippen LogP contribution in [0.4, 0.5) is 0 Å². The molecule has 1 heterocycles. The Morgan fingerprint density at radius 2 is 2.67 bits per heavy atom. The van der Waals surface area contributed by atoms with Crippen molar-refractivity contribution in [1.29, 1.82) is 0 Å². The number of nitrogens with one attached hydrogen (secondary N) is 1. The summed E-state index contributed by atoms with van der Waals surface area (Å²) in [5.74, 6) is 0.826. The van der Waals surface area contributed by atoms with E-state index in [0.29, 0.717) is 6.61 Å². The summed E-state index contributed by atoms with van der Waals surface area (Å²) in [5.41, 5.74) is 0. The second-order valence-electron chi connectivity index (χ2n) is 2.39. The van der Waals surface area contributed by atoms with Crippen LogP contribution >= 0.6 is 11.8 Å². The molecule has 68 valence electrons. The van der Waals surface area contributed by atoms with Crippen molar-refractivity contribution in [3.05, 3.63) is 11.1 Å². The zero-order valence-electron chi connectivity index (χ0n) is 7.13. The van der Waals surface area contributed by atoms with Crippen molar-refractivity contribution in [1.82, 2.24) is 5.32 Å². The second kappa shape index (κ2) is 5.09. The molecule has 12 heavy (non-hydrogen) atoms. The number of hydrogen-bond donors (Lipinski definition) is 1. The summed E-state index contributed by atoms with van der Waals surface area (Å²) in [6.45, 7) is 3.20. The molecule has 4 heteroatoms. The summed E-state index contributed by atoms with van der Waals surface area (Å²) >= 11 is 1.67. The van der Waals surface area contributed by atoms with Crippen molar-refractivity contribution in [3.8, 4) is 0 Å². The third-order valence-corrected chi connectivity index (χ3v) is 2.48. The maximum Gasteiger partial charge on any atom is 0.333 e. The summed E-state index contributed by atoms with van der Waals surface area (Å²) in [7, 11) is 0. The number of rotatable bonds is 2. The van der Waals surface area contributed by atoms with Gasteiger partial charge in [-0.3, -0.25) is 0 Å². The highest BCUT2D eigenvalue weighted by Crippen LogP contribution is 2.17. The summed E-state index contributed by atoms with van der Waals surface area (Å²) < 4.78 is 4.78. The van der Waals surface area contributed by atoms with E-state index in [9.17, 15) is 4.79 Å². The van der Waals surface area contributed by atoms with Crippen molar-refractivity contribution in [2.45, 2.75) is 13.3 Å². The fourth-order valence-electron chi connectivity index (χ4n) is 0.901. The van der Waals surface area contributed by atoms with Gasteiger partial charge in [0.25, 0.3) is 0 Å².